The first kappa shape index (κ1) is 12.3. The average molecular weight is 275 g/mol. The third-order valence-electron chi connectivity index (χ3n) is 4.19. The summed E-state index contributed by atoms with van der Waals surface area (Å²) in [4.78, 5) is 3.53. The Morgan fingerprint density at radius 2 is 1.95 bits per heavy atom. The van der Waals surface area contributed by atoms with E-state index in [-0.39, 0.29) is 0 Å². The molecular weight excluding hydrogens is 258 g/mol. The fourth-order valence-corrected chi connectivity index (χ4v) is 3.12. The fraction of sp³-hybridized carbons (Fsp3) is 0.158. The minimum Gasteiger partial charge on any atom is -0.497 e. The molecule has 1 N–H and O–H groups in total. The van der Waals surface area contributed by atoms with Gasteiger partial charge in [0.15, 0.2) is 0 Å². The number of H-pyrrole nitrogens is 1. The lowest BCUT2D eigenvalue weighted by Gasteiger charge is -2.16. The van der Waals surface area contributed by atoms with Gasteiger partial charge in [-0.2, -0.15) is 0 Å². The van der Waals surface area contributed by atoms with E-state index in [0.717, 1.165) is 24.1 Å². The van der Waals surface area contributed by atoms with E-state index in [1.807, 2.05) is 6.07 Å². The van der Waals surface area contributed by atoms with Crippen LogP contribution in [0.5, 0.6) is 5.75 Å². The van der Waals surface area contributed by atoms with Crippen molar-refractivity contribution < 1.29 is 4.74 Å². The van der Waals surface area contributed by atoms with Crippen molar-refractivity contribution >= 4 is 16.5 Å². The molecule has 2 nitrogen and oxygen atoms in total. The lowest BCUT2D eigenvalue weighted by Crippen LogP contribution is -2.00. The monoisotopic (exact) mass is 275 g/mol. The van der Waals surface area contributed by atoms with Crippen LogP contribution in [0, 0.1) is 0 Å². The van der Waals surface area contributed by atoms with Crippen molar-refractivity contribution in [2.75, 3.05) is 7.11 Å². The first-order valence-electron chi connectivity index (χ1n) is 7.31. The number of hydrogen-bond donors (Lipinski definition) is 1. The highest BCUT2D eigenvalue weighted by molar-refractivity contribution is 5.90. The second kappa shape index (κ2) is 4.81. The number of rotatable bonds is 2. The summed E-state index contributed by atoms with van der Waals surface area (Å²) in [6.45, 7) is 0. The summed E-state index contributed by atoms with van der Waals surface area (Å²) in [5.41, 5.74) is 6.43. The van der Waals surface area contributed by atoms with Gasteiger partial charge in [0.2, 0.25) is 0 Å². The molecule has 104 valence electrons. The summed E-state index contributed by atoms with van der Waals surface area (Å²) < 4.78 is 5.30. The molecule has 0 spiro atoms. The van der Waals surface area contributed by atoms with Gasteiger partial charge in [-0.05, 0) is 48.2 Å². The molecule has 21 heavy (non-hydrogen) atoms. The van der Waals surface area contributed by atoms with Crippen molar-refractivity contribution in [3.63, 3.8) is 0 Å². The number of aromatic nitrogens is 1. The molecule has 0 bridgehead atoms. The third kappa shape index (κ3) is 2.04. The normalized spacial score (nSPS) is 13.9. The lowest BCUT2D eigenvalue weighted by atomic mass is 9.89. The lowest BCUT2D eigenvalue weighted by molar-refractivity contribution is 0.415. The molecule has 1 aliphatic carbocycles. The number of fused-ring (bicyclic) bond motifs is 2. The Labute approximate surface area is 124 Å². The Kier molecular flexibility index (Phi) is 2.81. The maximum atomic E-state index is 5.30. The third-order valence-corrected chi connectivity index (χ3v) is 4.19. The standard InChI is InChI=1S/C19H17NO/c1-21-15-9-10-18-14(11-15)12-19(20-18)17-8-4-6-13-5-2-3-7-16(13)17/h2-3,5,7-12,20H,4,6H2,1H3. The van der Waals surface area contributed by atoms with E-state index in [9.17, 15) is 0 Å². The van der Waals surface area contributed by atoms with Gasteiger partial charge in [0.05, 0.1) is 7.11 Å². The van der Waals surface area contributed by atoms with Gasteiger partial charge in [-0.15, -0.1) is 0 Å². The molecule has 0 aliphatic heterocycles. The van der Waals surface area contributed by atoms with Crippen LogP contribution in [-0.2, 0) is 6.42 Å². The van der Waals surface area contributed by atoms with Crippen LogP contribution >= 0.6 is 0 Å². The predicted molar refractivity (Wildman–Crippen MR) is 86.7 cm³/mol. The average Bonchev–Trinajstić information content (AvgIpc) is 2.97. The second-order valence-electron chi connectivity index (χ2n) is 5.45. The maximum Gasteiger partial charge on any atom is 0.119 e. The Morgan fingerprint density at radius 3 is 2.86 bits per heavy atom. The van der Waals surface area contributed by atoms with Gasteiger partial charge in [0.25, 0.3) is 0 Å². The molecule has 4 rings (SSSR count). The van der Waals surface area contributed by atoms with Crippen LogP contribution in [-0.4, -0.2) is 12.1 Å². The highest BCUT2D eigenvalue weighted by Crippen LogP contribution is 2.33. The summed E-state index contributed by atoms with van der Waals surface area (Å²) in [6, 6.07) is 17.0. The zero-order valence-electron chi connectivity index (χ0n) is 12.0. The van der Waals surface area contributed by atoms with Crippen molar-refractivity contribution in [3.05, 3.63) is 71.4 Å². The van der Waals surface area contributed by atoms with Crippen LogP contribution in [0.25, 0.3) is 16.5 Å². The minimum atomic E-state index is 0.895. The smallest absolute Gasteiger partial charge is 0.119 e. The SMILES string of the molecule is COc1ccc2[nH]c(C3=CCCc4ccccc43)cc2c1. The molecule has 1 heterocycles. The number of benzene rings is 2. The number of aryl methyl sites for hydroxylation is 1. The molecule has 2 aromatic carbocycles. The van der Waals surface area contributed by atoms with Crippen LogP contribution in [0.1, 0.15) is 23.2 Å². The summed E-state index contributed by atoms with van der Waals surface area (Å²) >= 11 is 0. The Hall–Kier alpha value is -2.48. The van der Waals surface area contributed by atoms with Crippen molar-refractivity contribution in [1.82, 2.24) is 4.98 Å². The van der Waals surface area contributed by atoms with Crippen molar-refractivity contribution in [1.29, 1.82) is 0 Å². The highest BCUT2D eigenvalue weighted by Gasteiger charge is 2.15. The fourth-order valence-electron chi connectivity index (χ4n) is 3.12. The first-order valence-corrected chi connectivity index (χ1v) is 7.31. The van der Waals surface area contributed by atoms with Gasteiger partial charge in [0, 0.05) is 22.2 Å². The molecule has 0 atom stereocenters. The molecule has 0 saturated heterocycles. The van der Waals surface area contributed by atoms with E-state index in [1.165, 1.54) is 27.8 Å². The van der Waals surface area contributed by atoms with E-state index in [4.69, 9.17) is 4.74 Å². The molecule has 1 aliphatic rings. The van der Waals surface area contributed by atoms with Gasteiger partial charge in [-0.3, -0.25) is 0 Å². The van der Waals surface area contributed by atoms with Crippen molar-refractivity contribution in [2.45, 2.75) is 12.8 Å². The van der Waals surface area contributed by atoms with Crippen LogP contribution < -0.4 is 4.74 Å². The second-order valence-corrected chi connectivity index (χ2v) is 5.45. The number of hydrogen-bond acceptors (Lipinski definition) is 1. The molecule has 0 fully saturated rings. The minimum absolute atomic E-state index is 0.895. The molecule has 0 unspecified atom stereocenters. The number of nitrogens with one attached hydrogen (secondary N) is 1. The zero-order chi connectivity index (χ0) is 14.2. The zero-order valence-corrected chi connectivity index (χ0v) is 12.0. The van der Waals surface area contributed by atoms with E-state index >= 15 is 0 Å². The molecule has 0 amide bonds. The Balaban J connectivity index is 1.85. The Morgan fingerprint density at radius 1 is 1.05 bits per heavy atom. The summed E-state index contributed by atoms with van der Waals surface area (Å²) in [6.07, 6.45) is 4.57. The van der Waals surface area contributed by atoms with E-state index in [0.29, 0.717) is 0 Å². The Bertz CT molecular complexity index is 842. The molecule has 3 aromatic rings. The van der Waals surface area contributed by atoms with Crippen LogP contribution in [0.15, 0.2) is 54.6 Å². The van der Waals surface area contributed by atoms with Gasteiger partial charge in [0.1, 0.15) is 5.75 Å². The molecule has 0 saturated carbocycles. The van der Waals surface area contributed by atoms with Gasteiger partial charge in [-0.1, -0.05) is 30.3 Å². The summed E-state index contributed by atoms with van der Waals surface area (Å²) in [7, 11) is 1.70. The summed E-state index contributed by atoms with van der Waals surface area (Å²) in [5, 5.41) is 1.19. The van der Waals surface area contributed by atoms with Gasteiger partial charge >= 0.3 is 0 Å². The van der Waals surface area contributed by atoms with Crippen LogP contribution in [0.4, 0.5) is 0 Å². The van der Waals surface area contributed by atoms with Crippen LogP contribution in [0.3, 0.4) is 0 Å². The highest BCUT2D eigenvalue weighted by atomic mass is 16.5. The van der Waals surface area contributed by atoms with Gasteiger partial charge in [-0.25, -0.2) is 0 Å². The first-order chi connectivity index (χ1) is 10.3. The van der Waals surface area contributed by atoms with Crippen LogP contribution in [0.2, 0.25) is 0 Å². The largest absolute Gasteiger partial charge is 0.497 e. The topological polar surface area (TPSA) is 25.0 Å². The van der Waals surface area contributed by atoms with Gasteiger partial charge < -0.3 is 9.72 Å². The number of methoxy groups -OCH3 is 1. The molecule has 0 radical (unpaired) electrons. The maximum absolute atomic E-state index is 5.30. The van der Waals surface area contributed by atoms with E-state index in [2.05, 4.69) is 53.5 Å². The van der Waals surface area contributed by atoms with Crippen molar-refractivity contribution in [2.24, 2.45) is 0 Å². The van der Waals surface area contributed by atoms with E-state index in [1.54, 1.807) is 7.11 Å². The van der Waals surface area contributed by atoms with E-state index < -0.39 is 0 Å². The quantitative estimate of drug-likeness (QED) is 0.729. The number of allylic oxidation sites excluding steroid dienone is 1. The molecule has 1 aromatic heterocycles. The van der Waals surface area contributed by atoms with Crippen molar-refractivity contribution in [3.8, 4) is 5.75 Å². The molecule has 2 heteroatoms. The predicted octanol–water partition coefficient (Wildman–Crippen LogP) is 4.55. The summed E-state index contributed by atoms with van der Waals surface area (Å²) in [5.74, 6) is 0.895. The number of ether oxygens (including phenoxy) is 1. The number of aromatic amines is 1. The molecular formula is C19H17NO.